The predicted molar refractivity (Wildman–Crippen MR) is 51.9 cm³/mol. The second kappa shape index (κ2) is 4.25. The standard InChI is InChI=1S/C10H12N2O3/c13-10(14)8-5-6-9(12-11-8)15-7-3-1-2-4-7/h5-7H,1-4H2,(H,13,14). The SMILES string of the molecule is O=C(O)c1ccc(OC2CCCC2)nn1. The summed E-state index contributed by atoms with van der Waals surface area (Å²) in [6, 6.07) is 2.95. The molecule has 1 aromatic rings. The molecule has 0 atom stereocenters. The van der Waals surface area contributed by atoms with E-state index in [2.05, 4.69) is 10.2 Å². The summed E-state index contributed by atoms with van der Waals surface area (Å²) in [5, 5.41) is 15.9. The number of aromatic nitrogens is 2. The number of hydrogen-bond donors (Lipinski definition) is 1. The van der Waals surface area contributed by atoms with E-state index in [9.17, 15) is 4.79 Å². The van der Waals surface area contributed by atoms with Gasteiger partial charge in [-0.25, -0.2) is 4.79 Å². The van der Waals surface area contributed by atoms with E-state index in [4.69, 9.17) is 9.84 Å². The highest BCUT2D eigenvalue weighted by atomic mass is 16.5. The lowest BCUT2D eigenvalue weighted by Gasteiger charge is -2.10. The number of ether oxygens (including phenoxy) is 1. The summed E-state index contributed by atoms with van der Waals surface area (Å²) >= 11 is 0. The molecule has 0 aliphatic heterocycles. The maximum Gasteiger partial charge on any atom is 0.356 e. The van der Waals surface area contributed by atoms with Crippen LogP contribution in [0.5, 0.6) is 5.88 Å². The summed E-state index contributed by atoms with van der Waals surface area (Å²) in [7, 11) is 0. The molecule has 0 saturated heterocycles. The van der Waals surface area contributed by atoms with Crippen LogP contribution in [0.2, 0.25) is 0 Å². The molecule has 0 spiro atoms. The first kappa shape index (κ1) is 9.89. The van der Waals surface area contributed by atoms with Crippen LogP contribution in [-0.4, -0.2) is 27.4 Å². The summed E-state index contributed by atoms with van der Waals surface area (Å²) < 4.78 is 5.54. The number of rotatable bonds is 3. The maximum absolute atomic E-state index is 10.5. The van der Waals surface area contributed by atoms with Gasteiger partial charge >= 0.3 is 5.97 Å². The average molecular weight is 208 g/mol. The summed E-state index contributed by atoms with van der Waals surface area (Å²) in [6.07, 6.45) is 4.68. The first-order chi connectivity index (χ1) is 7.25. The Morgan fingerprint density at radius 1 is 1.33 bits per heavy atom. The number of carboxylic acids is 1. The monoisotopic (exact) mass is 208 g/mol. The Labute approximate surface area is 87.1 Å². The van der Waals surface area contributed by atoms with Crippen LogP contribution in [0.3, 0.4) is 0 Å². The Hall–Kier alpha value is -1.65. The van der Waals surface area contributed by atoms with Crippen molar-refractivity contribution < 1.29 is 14.6 Å². The number of carboxylic acid groups (broad SMARTS) is 1. The van der Waals surface area contributed by atoms with Crippen molar-refractivity contribution >= 4 is 5.97 Å². The molecule has 0 unspecified atom stereocenters. The van der Waals surface area contributed by atoms with E-state index in [1.165, 1.54) is 18.9 Å². The van der Waals surface area contributed by atoms with Gasteiger partial charge in [-0.15, -0.1) is 10.2 Å². The molecule has 2 rings (SSSR count). The first-order valence-electron chi connectivity index (χ1n) is 4.99. The third kappa shape index (κ3) is 2.43. The van der Waals surface area contributed by atoms with Crippen LogP contribution in [0.4, 0.5) is 0 Å². The van der Waals surface area contributed by atoms with Gasteiger partial charge < -0.3 is 9.84 Å². The molecular weight excluding hydrogens is 196 g/mol. The number of nitrogens with zero attached hydrogens (tertiary/aromatic N) is 2. The molecule has 15 heavy (non-hydrogen) atoms. The minimum atomic E-state index is -1.07. The van der Waals surface area contributed by atoms with Gasteiger partial charge in [-0.2, -0.15) is 0 Å². The molecular formula is C10H12N2O3. The third-order valence-corrected chi connectivity index (χ3v) is 2.45. The zero-order valence-corrected chi connectivity index (χ0v) is 8.22. The Bertz CT molecular complexity index is 344. The van der Waals surface area contributed by atoms with Gasteiger partial charge in [-0.1, -0.05) is 0 Å². The van der Waals surface area contributed by atoms with Crippen molar-refractivity contribution in [1.82, 2.24) is 10.2 Å². The quantitative estimate of drug-likeness (QED) is 0.814. The maximum atomic E-state index is 10.5. The fourth-order valence-electron chi connectivity index (χ4n) is 1.67. The van der Waals surface area contributed by atoms with Crippen LogP contribution >= 0.6 is 0 Å². The van der Waals surface area contributed by atoms with E-state index in [-0.39, 0.29) is 11.8 Å². The molecule has 0 radical (unpaired) electrons. The van der Waals surface area contributed by atoms with Gasteiger partial charge in [0, 0.05) is 6.07 Å². The minimum absolute atomic E-state index is 0.0613. The highest BCUT2D eigenvalue weighted by Crippen LogP contribution is 2.22. The lowest BCUT2D eigenvalue weighted by Crippen LogP contribution is -2.13. The van der Waals surface area contributed by atoms with Crippen molar-refractivity contribution in [3.05, 3.63) is 17.8 Å². The first-order valence-corrected chi connectivity index (χ1v) is 4.99. The van der Waals surface area contributed by atoms with E-state index in [0.29, 0.717) is 5.88 Å². The van der Waals surface area contributed by atoms with E-state index in [1.807, 2.05) is 0 Å². The van der Waals surface area contributed by atoms with E-state index in [1.54, 1.807) is 6.07 Å². The molecule has 1 saturated carbocycles. The molecule has 80 valence electrons. The smallest absolute Gasteiger partial charge is 0.356 e. The highest BCUT2D eigenvalue weighted by Gasteiger charge is 2.17. The molecule has 0 bridgehead atoms. The molecule has 1 aromatic heterocycles. The van der Waals surface area contributed by atoms with Crippen molar-refractivity contribution in [3.63, 3.8) is 0 Å². The molecule has 1 aliphatic carbocycles. The van der Waals surface area contributed by atoms with Crippen LogP contribution in [-0.2, 0) is 0 Å². The molecule has 5 heteroatoms. The summed E-state index contributed by atoms with van der Waals surface area (Å²) in [5.41, 5.74) is -0.0613. The minimum Gasteiger partial charge on any atom is -0.476 e. The number of hydrogen-bond acceptors (Lipinski definition) is 4. The third-order valence-electron chi connectivity index (χ3n) is 2.45. The molecule has 1 fully saturated rings. The summed E-state index contributed by atoms with van der Waals surface area (Å²) in [4.78, 5) is 10.5. The van der Waals surface area contributed by atoms with Crippen molar-refractivity contribution in [3.8, 4) is 5.88 Å². The van der Waals surface area contributed by atoms with Crippen molar-refractivity contribution in [1.29, 1.82) is 0 Å². The molecule has 1 aliphatic rings. The lowest BCUT2D eigenvalue weighted by atomic mass is 10.3. The van der Waals surface area contributed by atoms with Crippen molar-refractivity contribution in [2.45, 2.75) is 31.8 Å². The van der Waals surface area contributed by atoms with E-state index < -0.39 is 5.97 Å². The van der Waals surface area contributed by atoms with Gasteiger partial charge in [0.15, 0.2) is 5.69 Å². The molecule has 0 aromatic carbocycles. The van der Waals surface area contributed by atoms with Crippen LogP contribution < -0.4 is 4.74 Å². The van der Waals surface area contributed by atoms with Crippen LogP contribution in [0.15, 0.2) is 12.1 Å². The largest absolute Gasteiger partial charge is 0.476 e. The molecule has 1 N–H and O–H groups in total. The van der Waals surface area contributed by atoms with Crippen LogP contribution in [0.1, 0.15) is 36.2 Å². The lowest BCUT2D eigenvalue weighted by molar-refractivity contribution is 0.0688. The summed E-state index contributed by atoms with van der Waals surface area (Å²) in [6.45, 7) is 0. The van der Waals surface area contributed by atoms with Gasteiger partial charge in [0.25, 0.3) is 0 Å². The molecule has 0 amide bonds. The predicted octanol–water partition coefficient (Wildman–Crippen LogP) is 1.50. The van der Waals surface area contributed by atoms with Gasteiger partial charge in [-0.05, 0) is 31.7 Å². The summed E-state index contributed by atoms with van der Waals surface area (Å²) in [5.74, 6) is -0.665. The molecule has 1 heterocycles. The zero-order valence-electron chi connectivity index (χ0n) is 8.22. The van der Waals surface area contributed by atoms with Gasteiger partial charge in [-0.3, -0.25) is 0 Å². The second-order valence-electron chi connectivity index (χ2n) is 3.59. The van der Waals surface area contributed by atoms with Gasteiger partial charge in [0.2, 0.25) is 5.88 Å². The van der Waals surface area contributed by atoms with Crippen LogP contribution in [0.25, 0.3) is 0 Å². The highest BCUT2D eigenvalue weighted by molar-refractivity contribution is 5.84. The zero-order chi connectivity index (χ0) is 10.7. The van der Waals surface area contributed by atoms with Gasteiger partial charge in [0.05, 0.1) is 0 Å². The van der Waals surface area contributed by atoms with Crippen molar-refractivity contribution in [2.75, 3.05) is 0 Å². The topological polar surface area (TPSA) is 72.3 Å². The van der Waals surface area contributed by atoms with E-state index in [0.717, 1.165) is 12.8 Å². The number of carbonyl (C=O) groups is 1. The van der Waals surface area contributed by atoms with Gasteiger partial charge in [0.1, 0.15) is 6.10 Å². The fraction of sp³-hybridized carbons (Fsp3) is 0.500. The fourth-order valence-corrected chi connectivity index (χ4v) is 1.67. The average Bonchev–Trinajstić information content (AvgIpc) is 2.71. The van der Waals surface area contributed by atoms with E-state index >= 15 is 0 Å². The Morgan fingerprint density at radius 3 is 2.60 bits per heavy atom. The number of aromatic carboxylic acids is 1. The Kier molecular flexibility index (Phi) is 2.80. The van der Waals surface area contributed by atoms with Crippen LogP contribution in [0, 0.1) is 0 Å². The Balaban J connectivity index is 2.00. The Morgan fingerprint density at radius 2 is 2.07 bits per heavy atom. The molecule has 5 nitrogen and oxygen atoms in total. The normalized spacial score (nSPS) is 16.5. The second-order valence-corrected chi connectivity index (χ2v) is 3.59. The van der Waals surface area contributed by atoms with Crippen molar-refractivity contribution in [2.24, 2.45) is 0 Å².